The minimum Gasteiger partial charge on any atom is -0.465 e. The molecule has 4 nitrogen and oxygen atoms in total. The fourth-order valence-corrected chi connectivity index (χ4v) is 4.23. The topological polar surface area (TPSA) is 46.5 Å². The second-order valence-electron chi connectivity index (χ2n) is 6.73. The molecule has 1 unspecified atom stereocenters. The number of methoxy groups -OCH3 is 1. The molecule has 0 saturated carbocycles. The van der Waals surface area contributed by atoms with E-state index in [0.29, 0.717) is 5.56 Å². The van der Waals surface area contributed by atoms with Gasteiger partial charge in [0.15, 0.2) is 5.70 Å². The molecule has 1 aromatic heterocycles. The van der Waals surface area contributed by atoms with E-state index in [0.717, 1.165) is 25.1 Å². The number of aromatic nitrogens is 1. The lowest BCUT2D eigenvalue weighted by atomic mass is 9.91. The highest BCUT2D eigenvalue weighted by Gasteiger charge is 2.33. The van der Waals surface area contributed by atoms with Crippen LogP contribution in [0.25, 0.3) is 22.7 Å². The number of para-hydroxylation sites is 1. The molecule has 0 saturated heterocycles. The molecule has 3 aromatic rings. The normalized spacial score (nSPS) is 18.1. The van der Waals surface area contributed by atoms with Gasteiger partial charge in [-0.05, 0) is 17.7 Å². The van der Waals surface area contributed by atoms with E-state index in [2.05, 4.69) is 41.4 Å². The summed E-state index contributed by atoms with van der Waals surface area (Å²) in [7, 11) is 1.44. The van der Waals surface area contributed by atoms with Gasteiger partial charge in [-0.2, -0.15) is 0 Å². The van der Waals surface area contributed by atoms with Crippen LogP contribution in [0.4, 0.5) is 0 Å². The van der Waals surface area contributed by atoms with E-state index >= 15 is 0 Å². The number of nitrogens with one attached hydrogen (secondary N) is 2. The van der Waals surface area contributed by atoms with E-state index in [1.165, 1.54) is 45.4 Å². The van der Waals surface area contributed by atoms with E-state index in [1.54, 1.807) is 0 Å². The van der Waals surface area contributed by atoms with Crippen molar-refractivity contribution in [3.63, 3.8) is 0 Å². The first kappa shape index (κ1) is 14.5. The molecule has 0 fully saturated rings. The third kappa shape index (κ3) is 2.07. The number of fused-ring (bicyclic) bond motifs is 6. The fraction of sp³-hybridized carbons (Fsp3) is 0.190. The van der Waals surface area contributed by atoms with Gasteiger partial charge in [-0.3, -0.25) is 4.90 Å². The average molecular weight is 331 g/mol. The number of carbonyl (C=O) groups excluding carboxylic acids is 1. The number of aromatic amines is 1. The highest BCUT2D eigenvalue weighted by molar-refractivity contribution is 5.98. The summed E-state index contributed by atoms with van der Waals surface area (Å²) >= 11 is 0. The van der Waals surface area contributed by atoms with Crippen LogP contribution in [0.15, 0.2) is 42.5 Å². The van der Waals surface area contributed by atoms with Crippen LogP contribution in [0, 0.1) is 0 Å². The minimum absolute atomic E-state index is 0.273. The second-order valence-corrected chi connectivity index (χ2v) is 6.73. The fourth-order valence-electron chi connectivity index (χ4n) is 4.23. The van der Waals surface area contributed by atoms with E-state index < -0.39 is 0 Å². The summed E-state index contributed by atoms with van der Waals surface area (Å²) in [5.74, 6) is -0.273. The van der Waals surface area contributed by atoms with E-state index in [9.17, 15) is 4.79 Å². The summed E-state index contributed by atoms with van der Waals surface area (Å²) in [6.07, 6.45) is 3.24. The Morgan fingerprint density at radius 3 is 2.92 bits per heavy atom. The van der Waals surface area contributed by atoms with Crippen molar-refractivity contribution in [1.82, 2.24) is 4.98 Å². The molecule has 4 heteroatoms. The number of benzene rings is 2. The van der Waals surface area contributed by atoms with E-state index in [1.807, 2.05) is 12.1 Å². The number of rotatable bonds is 1. The van der Waals surface area contributed by atoms with Crippen molar-refractivity contribution in [2.45, 2.75) is 13.0 Å². The number of carbonyl (C=O) groups is 1. The summed E-state index contributed by atoms with van der Waals surface area (Å²) in [4.78, 5) is 17.2. The minimum atomic E-state index is -0.273. The predicted octanol–water partition coefficient (Wildman–Crippen LogP) is 2.41. The Labute approximate surface area is 145 Å². The van der Waals surface area contributed by atoms with Crippen molar-refractivity contribution in [3.8, 4) is 0 Å². The highest BCUT2D eigenvalue weighted by atomic mass is 16.5. The van der Waals surface area contributed by atoms with E-state index in [-0.39, 0.29) is 5.97 Å². The lowest BCUT2D eigenvalue weighted by Gasteiger charge is -2.30. The van der Waals surface area contributed by atoms with Gasteiger partial charge in [0.05, 0.1) is 19.2 Å². The Balaban J connectivity index is 1.73. The molecule has 3 heterocycles. The Morgan fingerprint density at radius 2 is 2.04 bits per heavy atom. The molecule has 5 rings (SSSR count). The van der Waals surface area contributed by atoms with Gasteiger partial charge < -0.3 is 9.72 Å². The Kier molecular flexibility index (Phi) is 3.09. The summed E-state index contributed by atoms with van der Waals surface area (Å²) < 4.78 is 4.97. The van der Waals surface area contributed by atoms with Crippen LogP contribution in [0.2, 0.25) is 0 Å². The summed E-state index contributed by atoms with van der Waals surface area (Å²) in [6, 6.07) is 14.4. The van der Waals surface area contributed by atoms with Gasteiger partial charge in [-0.15, -0.1) is 0 Å². The van der Waals surface area contributed by atoms with Crippen LogP contribution in [-0.2, 0) is 17.7 Å². The quantitative estimate of drug-likeness (QED) is 0.673. The number of quaternary nitrogens is 1. The maximum absolute atomic E-state index is 12.2. The predicted molar refractivity (Wildman–Crippen MR) is 97.2 cm³/mol. The van der Waals surface area contributed by atoms with Crippen LogP contribution in [0.3, 0.4) is 0 Å². The smallest absolute Gasteiger partial charge is 0.338 e. The van der Waals surface area contributed by atoms with Gasteiger partial charge >= 0.3 is 5.97 Å². The molecule has 0 spiro atoms. The molecule has 2 aliphatic rings. The van der Waals surface area contributed by atoms with Crippen LogP contribution in [0.1, 0.15) is 32.7 Å². The van der Waals surface area contributed by atoms with Crippen LogP contribution in [0.5, 0.6) is 0 Å². The molecule has 1 atom stereocenters. The first-order valence-electron chi connectivity index (χ1n) is 8.63. The zero-order valence-corrected chi connectivity index (χ0v) is 14.1. The van der Waals surface area contributed by atoms with Crippen molar-refractivity contribution >= 4 is 28.6 Å². The number of hydrogen-bond donors (Lipinski definition) is 2. The van der Waals surface area contributed by atoms with Crippen molar-refractivity contribution < 1.29 is 14.4 Å². The first-order chi connectivity index (χ1) is 12.3. The molecule has 25 heavy (non-hydrogen) atoms. The molecule has 2 N–H and O–H groups in total. The molecule has 0 radical (unpaired) electrons. The van der Waals surface area contributed by atoms with Gasteiger partial charge in [-0.1, -0.05) is 30.3 Å². The Bertz CT molecular complexity index is 1050. The van der Waals surface area contributed by atoms with Crippen molar-refractivity contribution in [2.75, 3.05) is 13.7 Å². The largest absolute Gasteiger partial charge is 0.465 e. The maximum Gasteiger partial charge on any atom is 0.338 e. The highest BCUT2D eigenvalue weighted by Crippen LogP contribution is 2.31. The molecule has 0 bridgehead atoms. The lowest BCUT2D eigenvalue weighted by Crippen LogP contribution is -3.09. The monoisotopic (exact) mass is 331 g/mol. The van der Waals surface area contributed by atoms with Gasteiger partial charge in [0.2, 0.25) is 0 Å². The number of ether oxygens (including phenoxy) is 1. The summed E-state index contributed by atoms with van der Waals surface area (Å²) in [5, 5.41) is 1.31. The van der Waals surface area contributed by atoms with Gasteiger partial charge in [0.1, 0.15) is 12.2 Å². The molecule has 0 amide bonds. The third-order valence-electron chi connectivity index (χ3n) is 5.43. The summed E-state index contributed by atoms with van der Waals surface area (Å²) in [5.41, 5.74) is 7.90. The Hall–Kier alpha value is -2.85. The van der Waals surface area contributed by atoms with Crippen molar-refractivity contribution in [3.05, 3.63) is 70.4 Å². The zero-order chi connectivity index (χ0) is 17.0. The Morgan fingerprint density at radius 1 is 1.16 bits per heavy atom. The molecule has 2 aromatic carbocycles. The van der Waals surface area contributed by atoms with Gasteiger partial charge in [0.25, 0.3) is 0 Å². The van der Waals surface area contributed by atoms with E-state index in [4.69, 9.17) is 4.74 Å². The van der Waals surface area contributed by atoms with Crippen LogP contribution in [-0.4, -0.2) is 24.6 Å². The first-order valence-corrected chi connectivity index (χ1v) is 8.63. The van der Waals surface area contributed by atoms with Crippen LogP contribution < -0.4 is 4.90 Å². The van der Waals surface area contributed by atoms with Crippen molar-refractivity contribution in [1.29, 1.82) is 0 Å². The third-order valence-corrected chi connectivity index (χ3v) is 5.43. The van der Waals surface area contributed by atoms with Crippen molar-refractivity contribution in [2.24, 2.45) is 0 Å². The zero-order valence-electron chi connectivity index (χ0n) is 14.1. The molecular formula is C21H19N2O2+. The van der Waals surface area contributed by atoms with Gasteiger partial charge in [0, 0.05) is 34.5 Å². The van der Waals surface area contributed by atoms with Crippen LogP contribution >= 0.6 is 0 Å². The SMILES string of the molecule is COC(=O)c1cccc2c1C=C1c3[nH]c4ccccc4c3CC[NH+]1C2. The van der Waals surface area contributed by atoms with Gasteiger partial charge in [-0.25, -0.2) is 4.79 Å². The standard InChI is InChI=1S/C21H18N2O2/c1-25-21(24)16-7-4-5-13-12-23-10-9-15-14-6-2-3-8-18(14)22-20(15)19(23)11-17(13)16/h2-8,11,22H,9-10,12H2,1H3/p+1. The molecule has 2 aliphatic heterocycles. The number of hydrogen-bond acceptors (Lipinski definition) is 2. The average Bonchev–Trinajstić information content (AvgIpc) is 3.04. The molecular weight excluding hydrogens is 312 g/mol. The second kappa shape index (κ2) is 5.33. The summed E-state index contributed by atoms with van der Waals surface area (Å²) in [6.45, 7) is 1.98. The number of esters is 1. The lowest BCUT2D eigenvalue weighted by molar-refractivity contribution is -0.841. The maximum atomic E-state index is 12.2. The molecule has 0 aliphatic carbocycles. The number of H-pyrrole nitrogens is 1. The molecule has 124 valence electrons.